The van der Waals surface area contributed by atoms with Gasteiger partial charge in [-0.2, -0.15) is 11.8 Å². The van der Waals surface area contributed by atoms with Crippen LogP contribution >= 0.6 is 11.8 Å². The second kappa shape index (κ2) is 9.07. The molecular formula is C16H20N4O4S. The average molecular weight is 364 g/mol. The van der Waals surface area contributed by atoms with E-state index in [0.29, 0.717) is 5.75 Å². The van der Waals surface area contributed by atoms with Crippen molar-refractivity contribution in [1.82, 2.24) is 20.2 Å². The zero-order chi connectivity index (χ0) is 18.2. The van der Waals surface area contributed by atoms with Crippen LogP contribution < -0.4 is 10.6 Å². The normalized spacial score (nSPS) is 10.5. The monoisotopic (exact) mass is 364 g/mol. The third-order valence-corrected chi connectivity index (χ3v) is 3.93. The van der Waals surface area contributed by atoms with Gasteiger partial charge in [-0.05, 0) is 18.4 Å². The van der Waals surface area contributed by atoms with Crippen LogP contribution in [0.25, 0.3) is 11.0 Å². The van der Waals surface area contributed by atoms with E-state index in [9.17, 15) is 14.4 Å². The number of para-hydroxylation sites is 2. The van der Waals surface area contributed by atoms with E-state index in [0.717, 1.165) is 16.9 Å². The zero-order valence-electron chi connectivity index (χ0n) is 14.1. The second-order valence-electron chi connectivity index (χ2n) is 5.15. The number of nitrogens with one attached hydrogen (secondary N) is 2. The zero-order valence-corrected chi connectivity index (χ0v) is 14.9. The third kappa shape index (κ3) is 5.21. The lowest BCUT2D eigenvalue weighted by Crippen LogP contribution is -2.37. The number of carbonyl (C=O) groups is 3. The number of esters is 1. The van der Waals surface area contributed by atoms with Gasteiger partial charge in [-0.3, -0.25) is 14.4 Å². The van der Waals surface area contributed by atoms with Gasteiger partial charge in [0, 0.05) is 7.05 Å². The van der Waals surface area contributed by atoms with Gasteiger partial charge in [0.05, 0.1) is 23.3 Å². The fourth-order valence-electron chi connectivity index (χ4n) is 2.18. The summed E-state index contributed by atoms with van der Waals surface area (Å²) in [5, 5.41) is 4.73. The Hall–Kier alpha value is -2.55. The second-order valence-corrected chi connectivity index (χ2v) is 6.01. The number of imidazole rings is 1. The first-order valence-corrected chi connectivity index (χ1v) is 9.00. The summed E-state index contributed by atoms with van der Waals surface area (Å²) in [6, 6.07) is 7.53. The standard InChI is InChI=1S/C16H20N4O4S/c1-17-14(21)7-18-15(22)9-24-16(23)8-20-12-6-4-3-5-11(12)19-13(20)10-25-2/h3-6H,7-10H2,1-2H3,(H,17,21)(H,18,22). The molecule has 0 unspecified atom stereocenters. The van der Waals surface area contributed by atoms with Crippen LogP contribution in [0.2, 0.25) is 0 Å². The number of carbonyl (C=O) groups excluding carboxylic acids is 3. The number of rotatable bonds is 8. The molecule has 1 aromatic carbocycles. The molecule has 0 atom stereocenters. The predicted octanol–water partition coefficient (Wildman–Crippen LogP) is 0.305. The van der Waals surface area contributed by atoms with Crippen molar-refractivity contribution in [2.45, 2.75) is 12.3 Å². The Morgan fingerprint density at radius 1 is 1.24 bits per heavy atom. The van der Waals surface area contributed by atoms with E-state index in [-0.39, 0.29) is 19.0 Å². The average Bonchev–Trinajstić information content (AvgIpc) is 2.95. The molecule has 2 aromatic rings. The topological polar surface area (TPSA) is 102 Å². The molecule has 2 rings (SSSR count). The number of amides is 2. The van der Waals surface area contributed by atoms with Crippen molar-refractivity contribution < 1.29 is 19.1 Å². The largest absolute Gasteiger partial charge is 0.454 e. The summed E-state index contributed by atoms with van der Waals surface area (Å²) in [7, 11) is 1.47. The van der Waals surface area contributed by atoms with Crippen molar-refractivity contribution in [3.8, 4) is 0 Å². The molecule has 25 heavy (non-hydrogen) atoms. The molecule has 0 spiro atoms. The number of likely N-dealkylation sites (N-methyl/N-ethyl adjacent to an activating group) is 1. The molecule has 0 bridgehead atoms. The maximum Gasteiger partial charge on any atom is 0.326 e. The van der Waals surface area contributed by atoms with Gasteiger partial charge in [0.15, 0.2) is 6.61 Å². The van der Waals surface area contributed by atoms with Crippen molar-refractivity contribution >= 4 is 40.6 Å². The molecule has 9 heteroatoms. The number of fused-ring (bicyclic) bond motifs is 1. The van der Waals surface area contributed by atoms with Gasteiger partial charge in [0.25, 0.3) is 5.91 Å². The number of hydrogen-bond donors (Lipinski definition) is 2. The van der Waals surface area contributed by atoms with Gasteiger partial charge in [0.2, 0.25) is 5.91 Å². The van der Waals surface area contributed by atoms with Gasteiger partial charge >= 0.3 is 5.97 Å². The highest BCUT2D eigenvalue weighted by Crippen LogP contribution is 2.19. The Morgan fingerprint density at radius 2 is 2.00 bits per heavy atom. The number of thioether (sulfide) groups is 1. The van der Waals surface area contributed by atoms with Gasteiger partial charge in [-0.15, -0.1) is 0 Å². The molecule has 134 valence electrons. The molecule has 0 saturated carbocycles. The Morgan fingerprint density at radius 3 is 2.72 bits per heavy atom. The van der Waals surface area contributed by atoms with Crippen LogP contribution in [0.3, 0.4) is 0 Å². The summed E-state index contributed by atoms with van der Waals surface area (Å²) >= 11 is 1.60. The molecule has 0 radical (unpaired) electrons. The van der Waals surface area contributed by atoms with Crippen molar-refractivity contribution in [3.05, 3.63) is 30.1 Å². The molecule has 8 nitrogen and oxygen atoms in total. The van der Waals surface area contributed by atoms with E-state index in [1.807, 2.05) is 30.5 Å². The molecule has 0 saturated heterocycles. The van der Waals surface area contributed by atoms with Gasteiger partial charge in [-0.25, -0.2) is 4.98 Å². The first-order chi connectivity index (χ1) is 12.0. The molecule has 0 aliphatic carbocycles. The van der Waals surface area contributed by atoms with Crippen molar-refractivity contribution in [2.75, 3.05) is 26.5 Å². The number of hydrogen-bond acceptors (Lipinski definition) is 6. The van der Waals surface area contributed by atoms with Crippen LogP contribution in [-0.4, -0.2) is 53.8 Å². The first-order valence-electron chi connectivity index (χ1n) is 7.61. The Bertz CT molecular complexity index is 775. The molecule has 1 heterocycles. The number of aromatic nitrogens is 2. The minimum absolute atomic E-state index is 0.0286. The molecule has 1 aromatic heterocycles. The summed E-state index contributed by atoms with van der Waals surface area (Å²) in [6.07, 6.45) is 1.96. The fraction of sp³-hybridized carbons (Fsp3) is 0.375. The van der Waals surface area contributed by atoms with E-state index in [1.165, 1.54) is 7.05 Å². The Labute approximate surface area is 149 Å². The van der Waals surface area contributed by atoms with Crippen LogP contribution in [0, 0.1) is 0 Å². The lowest BCUT2D eigenvalue weighted by atomic mass is 10.3. The summed E-state index contributed by atoms with van der Waals surface area (Å²) < 4.78 is 6.78. The fourth-order valence-corrected chi connectivity index (χ4v) is 2.66. The van der Waals surface area contributed by atoms with E-state index in [2.05, 4.69) is 15.6 Å². The van der Waals surface area contributed by atoms with Crippen LogP contribution in [0.5, 0.6) is 0 Å². The highest BCUT2D eigenvalue weighted by atomic mass is 32.2. The maximum atomic E-state index is 12.1. The molecular weight excluding hydrogens is 344 g/mol. The SMILES string of the molecule is CNC(=O)CNC(=O)COC(=O)Cn1c(CSC)nc2ccccc21. The van der Waals surface area contributed by atoms with Crippen LogP contribution in [0.1, 0.15) is 5.82 Å². The van der Waals surface area contributed by atoms with Crippen molar-refractivity contribution in [3.63, 3.8) is 0 Å². The van der Waals surface area contributed by atoms with E-state index in [1.54, 1.807) is 16.3 Å². The Balaban J connectivity index is 1.96. The summed E-state index contributed by atoms with van der Waals surface area (Å²) in [5.74, 6) is 0.0348. The van der Waals surface area contributed by atoms with Gasteiger partial charge in [-0.1, -0.05) is 12.1 Å². The highest BCUT2D eigenvalue weighted by Gasteiger charge is 2.15. The lowest BCUT2D eigenvalue weighted by molar-refractivity contribution is -0.149. The minimum Gasteiger partial charge on any atom is -0.454 e. The van der Waals surface area contributed by atoms with Crippen LogP contribution in [0.4, 0.5) is 0 Å². The number of benzene rings is 1. The quantitative estimate of drug-likeness (QED) is 0.654. The molecule has 2 N–H and O–H groups in total. The van der Waals surface area contributed by atoms with E-state index < -0.39 is 18.5 Å². The smallest absolute Gasteiger partial charge is 0.326 e. The first kappa shape index (κ1) is 18.8. The molecule has 0 aliphatic rings. The highest BCUT2D eigenvalue weighted by molar-refractivity contribution is 7.97. The van der Waals surface area contributed by atoms with Crippen molar-refractivity contribution in [2.24, 2.45) is 0 Å². The minimum atomic E-state index is -0.541. The third-order valence-electron chi connectivity index (χ3n) is 3.38. The Kier molecular flexibility index (Phi) is 6.81. The number of nitrogens with zero attached hydrogens (tertiary/aromatic N) is 2. The van der Waals surface area contributed by atoms with Gasteiger partial charge < -0.3 is 19.9 Å². The predicted molar refractivity (Wildman–Crippen MR) is 95.0 cm³/mol. The van der Waals surface area contributed by atoms with Crippen molar-refractivity contribution in [1.29, 1.82) is 0 Å². The lowest BCUT2D eigenvalue weighted by Gasteiger charge is -2.09. The van der Waals surface area contributed by atoms with Crippen LogP contribution in [-0.2, 0) is 31.4 Å². The van der Waals surface area contributed by atoms with Gasteiger partial charge in [0.1, 0.15) is 12.4 Å². The summed E-state index contributed by atoms with van der Waals surface area (Å²) in [4.78, 5) is 39.2. The summed E-state index contributed by atoms with van der Waals surface area (Å²) in [6.45, 7) is -0.615. The molecule has 0 aliphatic heterocycles. The summed E-state index contributed by atoms with van der Waals surface area (Å²) in [5.41, 5.74) is 1.65. The van der Waals surface area contributed by atoms with E-state index in [4.69, 9.17) is 4.74 Å². The molecule has 0 fully saturated rings. The van der Waals surface area contributed by atoms with Crippen LogP contribution in [0.15, 0.2) is 24.3 Å². The molecule has 2 amide bonds. The van der Waals surface area contributed by atoms with E-state index >= 15 is 0 Å². The maximum absolute atomic E-state index is 12.1. The number of ether oxygens (including phenoxy) is 1.